The van der Waals surface area contributed by atoms with Crippen molar-refractivity contribution in [2.24, 2.45) is 5.73 Å². The van der Waals surface area contributed by atoms with E-state index in [-0.39, 0.29) is 12.6 Å². The summed E-state index contributed by atoms with van der Waals surface area (Å²) in [7, 11) is 3.20. The standard InChI is InChI=1S/C12H19NO3/c1-15-11-6-5-9(8-12(11)16-2)10(13)4-3-7-14/h5-6,8,10,14H,3-4,7,13H2,1-2H3/t10-/m1/s1. The van der Waals surface area contributed by atoms with Gasteiger partial charge in [0.2, 0.25) is 0 Å². The van der Waals surface area contributed by atoms with E-state index in [1.165, 1.54) is 0 Å². The van der Waals surface area contributed by atoms with Gasteiger partial charge in [-0.25, -0.2) is 0 Å². The molecule has 1 aromatic carbocycles. The lowest BCUT2D eigenvalue weighted by atomic mass is 10.0. The molecule has 0 saturated heterocycles. The van der Waals surface area contributed by atoms with Crippen molar-refractivity contribution in [2.75, 3.05) is 20.8 Å². The van der Waals surface area contributed by atoms with Crippen molar-refractivity contribution in [2.45, 2.75) is 18.9 Å². The quantitative estimate of drug-likeness (QED) is 0.769. The Kier molecular flexibility index (Phi) is 5.08. The van der Waals surface area contributed by atoms with Crippen LogP contribution in [0, 0.1) is 0 Å². The maximum Gasteiger partial charge on any atom is 0.161 e. The molecule has 0 saturated carbocycles. The van der Waals surface area contributed by atoms with Crippen molar-refractivity contribution in [3.63, 3.8) is 0 Å². The van der Waals surface area contributed by atoms with Crippen LogP contribution < -0.4 is 15.2 Å². The molecule has 0 bridgehead atoms. The molecular formula is C12H19NO3. The summed E-state index contributed by atoms with van der Waals surface area (Å²) in [5, 5.41) is 8.74. The minimum absolute atomic E-state index is 0.0769. The van der Waals surface area contributed by atoms with Crippen molar-refractivity contribution < 1.29 is 14.6 Å². The number of benzene rings is 1. The van der Waals surface area contributed by atoms with Gasteiger partial charge in [-0.1, -0.05) is 6.07 Å². The molecule has 0 heterocycles. The van der Waals surface area contributed by atoms with Gasteiger partial charge in [0, 0.05) is 12.6 Å². The Morgan fingerprint density at radius 3 is 2.50 bits per heavy atom. The van der Waals surface area contributed by atoms with Gasteiger partial charge in [-0.3, -0.25) is 0 Å². The zero-order chi connectivity index (χ0) is 12.0. The molecule has 1 rings (SSSR count). The molecular weight excluding hydrogens is 206 g/mol. The van der Waals surface area contributed by atoms with Crippen LogP contribution in [0.15, 0.2) is 18.2 Å². The summed E-state index contributed by atoms with van der Waals surface area (Å²) in [4.78, 5) is 0. The van der Waals surface area contributed by atoms with Gasteiger partial charge in [0.15, 0.2) is 11.5 Å². The third-order valence-electron chi connectivity index (χ3n) is 2.51. The summed E-state index contributed by atoms with van der Waals surface area (Å²) >= 11 is 0. The molecule has 0 radical (unpaired) electrons. The maximum absolute atomic E-state index is 8.74. The smallest absolute Gasteiger partial charge is 0.161 e. The van der Waals surface area contributed by atoms with Crippen molar-refractivity contribution in [3.8, 4) is 11.5 Å². The van der Waals surface area contributed by atoms with Crippen molar-refractivity contribution in [1.82, 2.24) is 0 Å². The summed E-state index contributed by atoms with van der Waals surface area (Å²) in [5.41, 5.74) is 6.98. The lowest BCUT2D eigenvalue weighted by Crippen LogP contribution is -2.11. The predicted octanol–water partition coefficient (Wildman–Crippen LogP) is 1.48. The fraction of sp³-hybridized carbons (Fsp3) is 0.500. The third kappa shape index (κ3) is 3.12. The van der Waals surface area contributed by atoms with Crippen molar-refractivity contribution >= 4 is 0 Å². The predicted molar refractivity (Wildman–Crippen MR) is 62.8 cm³/mol. The zero-order valence-electron chi connectivity index (χ0n) is 9.77. The Hall–Kier alpha value is -1.26. The van der Waals surface area contributed by atoms with Crippen molar-refractivity contribution in [3.05, 3.63) is 23.8 Å². The van der Waals surface area contributed by atoms with Gasteiger partial charge in [0.1, 0.15) is 0 Å². The van der Waals surface area contributed by atoms with E-state index in [0.717, 1.165) is 12.0 Å². The summed E-state index contributed by atoms with van der Waals surface area (Å²) < 4.78 is 10.3. The van der Waals surface area contributed by atoms with E-state index >= 15 is 0 Å². The zero-order valence-corrected chi connectivity index (χ0v) is 9.77. The van der Waals surface area contributed by atoms with Crippen molar-refractivity contribution in [1.29, 1.82) is 0 Å². The van der Waals surface area contributed by atoms with Crippen LogP contribution in [0.4, 0.5) is 0 Å². The maximum atomic E-state index is 8.74. The molecule has 0 aliphatic carbocycles. The Bertz CT molecular complexity index is 328. The summed E-state index contributed by atoms with van der Waals surface area (Å²) in [6.45, 7) is 0.168. The Morgan fingerprint density at radius 1 is 1.25 bits per heavy atom. The van der Waals surface area contributed by atoms with E-state index < -0.39 is 0 Å². The monoisotopic (exact) mass is 225 g/mol. The molecule has 3 N–H and O–H groups in total. The van der Waals surface area contributed by atoms with Crippen LogP contribution in [-0.4, -0.2) is 25.9 Å². The highest BCUT2D eigenvalue weighted by Gasteiger charge is 2.10. The molecule has 0 aromatic heterocycles. The minimum atomic E-state index is -0.0769. The Labute approximate surface area is 96.0 Å². The number of methoxy groups -OCH3 is 2. The molecule has 1 atom stereocenters. The first-order valence-electron chi connectivity index (χ1n) is 5.31. The number of hydrogen-bond donors (Lipinski definition) is 2. The van der Waals surface area contributed by atoms with Crippen LogP contribution in [0.5, 0.6) is 11.5 Å². The molecule has 1 aromatic rings. The number of hydrogen-bond acceptors (Lipinski definition) is 4. The normalized spacial score (nSPS) is 12.2. The highest BCUT2D eigenvalue weighted by molar-refractivity contribution is 5.43. The molecule has 90 valence electrons. The third-order valence-corrected chi connectivity index (χ3v) is 2.51. The number of nitrogens with two attached hydrogens (primary N) is 1. The summed E-state index contributed by atoms with van der Waals surface area (Å²) in [5.74, 6) is 1.38. The SMILES string of the molecule is COc1ccc([C@H](N)CCCO)cc1OC. The molecule has 0 amide bonds. The van der Waals surface area contributed by atoms with E-state index in [0.29, 0.717) is 17.9 Å². The number of ether oxygens (including phenoxy) is 2. The van der Waals surface area contributed by atoms with Crippen LogP contribution >= 0.6 is 0 Å². The first kappa shape index (κ1) is 12.8. The average molecular weight is 225 g/mol. The molecule has 0 fully saturated rings. The molecule has 0 spiro atoms. The highest BCUT2D eigenvalue weighted by Crippen LogP contribution is 2.30. The van der Waals surface area contributed by atoms with Crippen LogP contribution in [0.3, 0.4) is 0 Å². The second kappa shape index (κ2) is 6.35. The average Bonchev–Trinajstić information content (AvgIpc) is 2.34. The summed E-state index contributed by atoms with van der Waals surface area (Å²) in [6, 6.07) is 5.56. The molecule has 16 heavy (non-hydrogen) atoms. The van der Waals surface area contributed by atoms with Crippen LogP contribution in [0.2, 0.25) is 0 Å². The van der Waals surface area contributed by atoms with Gasteiger partial charge in [-0.05, 0) is 30.5 Å². The highest BCUT2D eigenvalue weighted by atomic mass is 16.5. The fourth-order valence-electron chi connectivity index (χ4n) is 1.56. The molecule has 0 aliphatic heterocycles. The lowest BCUT2D eigenvalue weighted by Gasteiger charge is -2.14. The number of rotatable bonds is 6. The van der Waals surface area contributed by atoms with Gasteiger partial charge < -0.3 is 20.3 Å². The largest absolute Gasteiger partial charge is 0.493 e. The Balaban J connectivity index is 2.81. The van der Waals surface area contributed by atoms with Gasteiger partial charge in [-0.15, -0.1) is 0 Å². The second-order valence-corrected chi connectivity index (χ2v) is 3.59. The number of aliphatic hydroxyl groups is 1. The molecule has 0 unspecified atom stereocenters. The molecule has 4 heteroatoms. The fourth-order valence-corrected chi connectivity index (χ4v) is 1.56. The van der Waals surface area contributed by atoms with Gasteiger partial charge in [0.25, 0.3) is 0 Å². The van der Waals surface area contributed by atoms with Crippen LogP contribution in [0.1, 0.15) is 24.4 Å². The van der Waals surface area contributed by atoms with E-state index in [4.69, 9.17) is 20.3 Å². The lowest BCUT2D eigenvalue weighted by molar-refractivity contribution is 0.280. The van der Waals surface area contributed by atoms with E-state index in [1.54, 1.807) is 14.2 Å². The molecule has 4 nitrogen and oxygen atoms in total. The van der Waals surface area contributed by atoms with E-state index in [2.05, 4.69) is 0 Å². The Morgan fingerprint density at radius 2 is 1.94 bits per heavy atom. The number of aliphatic hydroxyl groups excluding tert-OH is 1. The minimum Gasteiger partial charge on any atom is -0.493 e. The van der Waals surface area contributed by atoms with Crippen LogP contribution in [0.25, 0.3) is 0 Å². The van der Waals surface area contributed by atoms with Gasteiger partial charge >= 0.3 is 0 Å². The summed E-state index contributed by atoms with van der Waals surface area (Å²) in [6.07, 6.45) is 1.46. The van der Waals surface area contributed by atoms with E-state index in [1.807, 2.05) is 18.2 Å². The van der Waals surface area contributed by atoms with Crippen LogP contribution in [-0.2, 0) is 0 Å². The second-order valence-electron chi connectivity index (χ2n) is 3.59. The molecule has 0 aliphatic rings. The first-order valence-corrected chi connectivity index (χ1v) is 5.31. The first-order chi connectivity index (χ1) is 7.72. The topological polar surface area (TPSA) is 64.7 Å². The van der Waals surface area contributed by atoms with Gasteiger partial charge in [0.05, 0.1) is 14.2 Å². The van der Waals surface area contributed by atoms with E-state index in [9.17, 15) is 0 Å². The van der Waals surface area contributed by atoms with Gasteiger partial charge in [-0.2, -0.15) is 0 Å².